The Hall–Kier alpha value is -2.98. The molecule has 0 fully saturated rings. The molecule has 1 aromatic carbocycles. The monoisotopic (exact) mass is 444 g/mol. The van der Waals surface area contributed by atoms with E-state index in [4.69, 9.17) is 0 Å². The molecule has 31 heavy (non-hydrogen) atoms. The zero-order valence-corrected chi connectivity index (χ0v) is 19.2. The van der Waals surface area contributed by atoms with Crippen LogP contribution in [0.4, 0.5) is 11.6 Å². The van der Waals surface area contributed by atoms with Crippen LogP contribution in [0.5, 0.6) is 0 Å². The molecular formula is C21H28N6O3S. The fraction of sp³-hybridized carbons (Fsp3) is 0.381. The summed E-state index contributed by atoms with van der Waals surface area (Å²) in [7, 11) is -1.45. The van der Waals surface area contributed by atoms with Gasteiger partial charge in [0.2, 0.25) is 10.0 Å². The van der Waals surface area contributed by atoms with Crippen molar-refractivity contribution in [3.8, 4) is 0 Å². The van der Waals surface area contributed by atoms with Crippen molar-refractivity contribution in [3.63, 3.8) is 0 Å². The van der Waals surface area contributed by atoms with E-state index in [0.717, 1.165) is 11.8 Å². The largest absolute Gasteiger partial charge is 0.358 e. The molecule has 0 aliphatic rings. The number of sulfonamides is 1. The van der Waals surface area contributed by atoms with Gasteiger partial charge in [-0.25, -0.2) is 18.1 Å². The van der Waals surface area contributed by atoms with Gasteiger partial charge < -0.3 is 10.2 Å². The minimum Gasteiger partial charge on any atom is -0.358 e. The second-order valence-corrected chi connectivity index (χ2v) is 10.3. The van der Waals surface area contributed by atoms with Crippen LogP contribution in [0.3, 0.4) is 0 Å². The van der Waals surface area contributed by atoms with E-state index < -0.39 is 10.0 Å². The number of anilines is 2. The highest BCUT2D eigenvalue weighted by Crippen LogP contribution is 2.23. The lowest BCUT2D eigenvalue weighted by Gasteiger charge is -2.21. The van der Waals surface area contributed by atoms with Crippen LogP contribution in [0, 0.1) is 0 Å². The number of rotatable bonds is 7. The lowest BCUT2D eigenvalue weighted by molar-refractivity contribution is 0.102. The van der Waals surface area contributed by atoms with Crippen molar-refractivity contribution >= 4 is 33.2 Å². The average molecular weight is 445 g/mol. The summed E-state index contributed by atoms with van der Waals surface area (Å²) in [6.45, 7) is 7.01. The van der Waals surface area contributed by atoms with Crippen LogP contribution < -0.4 is 14.9 Å². The molecule has 0 saturated carbocycles. The summed E-state index contributed by atoms with van der Waals surface area (Å²) in [6, 6.07) is 11.0. The first-order chi connectivity index (χ1) is 14.4. The number of benzene rings is 1. The molecule has 0 saturated heterocycles. The molecule has 2 N–H and O–H groups in total. The van der Waals surface area contributed by atoms with Crippen molar-refractivity contribution in [3.05, 3.63) is 53.7 Å². The molecule has 0 aliphatic heterocycles. The normalized spacial score (nSPS) is 12.2. The Morgan fingerprint density at radius 1 is 1.16 bits per heavy atom. The highest BCUT2D eigenvalue weighted by molar-refractivity contribution is 7.88. The maximum atomic E-state index is 12.7. The number of amides is 1. The quantitative estimate of drug-likeness (QED) is 0.579. The number of carbonyl (C=O) groups excluding carboxylic acids is 1. The predicted molar refractivity (Wildman–Crippen MR) is 122 cm³/mol. The van der Waals surface area contributed by atoms with Crippen molar-refractivity contribution in [1.82, 2.24) is 19.3 Å². The fourth-order valence-electron chi connectivity index (χ4n) is 3.06. The topological polar surface area (TPSA) is 109 Å². The highest BCUT2D eigenvalue weighted by atomic mass is 32.2. The van der Waals surface area contributed by atoms with E-state index in [0.29, 0.717) is 29.4 Å². The number of likely N-dealkylation sites (N-methyl/N-ethyl adjacent to an activating group) is 1. The van der Waals surface area contributed by atoms with E-state index >= 15 is 0 Å². The van der Waals surface area contributed by atoms with Crippen molar-refractivity contribution in [2.24, 2.45) is 0 Å². The van der Waals surface area contributed by atoms with Crippen LogP contribution >= 0.6 is 0 Å². The van der Waals surface area contributed by atoms with Gasteiger partial charge >= 0.3 is 0 Å². The summed E-state index contributed by atoms with van der Waals surface area (Å²) in [6.07, 6.45) is 2.73. The van der Waals surface area contributed by atoms with Crippen molar-refractivity contribution in [2.75, 3.05) is 36.6 Å². The van der Waals surface area contributed by atoms with Crippen molar-refractivity contribution in [2.45, 2.75) is 26.2 Å². The van der Waals surface area contributed by atoms with Crippen LogP contribution in [0.2, 0.25) is 0 Å². The maximum Gasteiger partial charge on any atom is 0.256 e. The molecule has 1 amide bonds. The Morgan fingerprint density at radius 2 is 1.84 bits per heavy atom. The van der Waals surface area contributed by atoms with Gasteiger partial charge in [-0.05, 0) is 23.1 Å². The summed E-state index contributed by atoms with van der Waals surface area (Å²) in [5.74, 6) is 0.795. The number of nitrogens with one attached hydrogen (secondary N) is 2. The molecule has 2 heterocycles. The average Bonchev–Trinajstić information content (AvgIpc) is 3.14. The van der Waals surface area contributed by atoms with E-state index in [1.807, 2.05) is 24.1 Å². The van der Waals surface area contributed by atoms with E-state index in [-0.39, 0.29) is 17.9 Å². The molecule has 10 heteroatoms. The van der Waals surface area contributed by atoms with Crippen LogP contribution in [0.25, 0.3) is 5.65 Å². The number of nitrogens with zero attached hydrogens (tertiary/aromatic N) is 4. The summed E-state index contributed by atoms with van der Waals surface area (Å²) >= 11 is 0. The van der Waals surface area contributed by atoms with Crippen LogP contribution in [0.15, 0.2) is 42.6 Å². The number of fused-ring (bicyclic) bond motifs is 1. The Balaban J connectivity index is 1.80. The smallest absolute Gasteiger partial charge is 0.256 e. The zero-order chi connectivity index (χ0) is 22.8. The van der Waals surface area contributed by atoms with Gasteiger partial charge in [0, 0.05) is 37.8 Å². The lowest BCUT2D eigenvalue weighted by atomic mass is 9.87. The third-order valence-electron chi connectivity index (χ3n) is 4.80. The number of carbonyl (C=O) groups is 1. The molecule has 3 rings (SSSR count). The van der Waals surface area contributed by atoms with Crippen molar-refractivity contribution < 1.29 is 13.2 Å². The third-order valence-corrected chi connectivity index (χ3v) is 5.53. The minimum absolute atomic E-state index is 0.00898. The second-order valence-electron chi connectivity index (χ2n) is 8.47. The van der Waals surface area contributed by atoms with Crippen LogP contribution in [-0.4, -0.2) is 55.3 Å². The van der Waals surface area contributed by atoms with Gasteiger partial charge in [-0.2, -0.15) is 9.61 Å². The van der Waals surface area contributed by atoms with Gasteiger partial charge in [0.25, 0.3) is 5.91 Å². The molecule has 0 spiro atoms. The Kier molecular flexibility index (Phi) is 6.33. The van der Waals surface area contributed by atoms with Crippen molar-refractivity contribution in [1.29, 1.82) is 0 Å². The molecular weight excluding hydrogens is 416 g/mol. The molecule has 3 aromatic rings. The number of aromatic nitrogens is 3. The molecule has 0 radical (unpaired) electrons. The van der Waals surface area contributed by atoms with E-state index in [1.54, 1.807) is 35.0 Å². The molecule has 0 aliphatic carbocycles. The van der Waals surface area contributed by atoms with Crippen LogP contribution in [-0.2, 0) is 15.4 Å². The number of hydrogen-bond acceptors (Lipinski definition) is 6. The summed E-state index contributed by atoms with van der Waals surface area (Å²) < 4.78 is 26.7. The van der Waals surface area contributed by atoms with Crippen LogP contribution in [0.1, 0.15) is 36.7 Å². The van der Waals surface area contributed by atoms with Gasteiger partial charge in [-0.3, -0.25) is 4.79 Å². The lowest BCUT2D eigenvalue weighted by Crippen LogP contribution is -2.33. The Bertz CT molecular complexity index is 1180. The molecule has 166 valence electrons. The van der Waals surface area contributed by atoms with Gasteiger partial charge in [0.15, 0.2) is 5.65 Å². The standard InChI is InChI=1S/C21H28N6O3S/c1-21(2,3)16-8-6-15(7-9-16)20(28)25-17-14-19(27-18(24-17)10-11-22-27)26(4)13-12-23-31(5,29)30/h6-11,14,23H,12-13H2,1-5H3,(H,24,25,28). The molecule has 9 nitrogen and oxygen atoms in total. The summed E-state index contributed by atoms with van der Waals surface area (Å²) in [5.41, 5.74) is 2.26. The SMILES string of the molecule is CN(CCNS(C)(=O)=O)c1cc(NC(=O)c2ccc(C(C)(C)C)cc2)nc2ccnn12. The maximum absolute atomic E-state index is 12.7. The van der Waals surface area contributed by atoms with E-state index in [2.05, 4.69) is 40.9 Å². The second kappa shape index (κ2) is 8.64. The number of hydrogen-bond donors (Lipinski definition) is 2. The fourth-order valence-corrected chi connectivity index (χ4v) is 3.52. The zero-order valence-electron chi connectivity index (χ0n) is 18.4. The molecule has 0 unspecified atom stereocenters. The minimum atomic E-state index is -3.27. The summed E-state index contributed by atoms with van der Waals surface area (Å²) in [4.78, 5) is 19.0. The Labute approximate surface area is 182 Å². The first-order valence-electron chi connectivity index (χ1n) is 9.86. The van der Waals surface area contributed by atoms with E-state index in [1.165, 1.54) is 0 Å². The summed E-state index contributed by atoms with van der Waals surface area (Å²) in [5, 5.41) is 7.11. The Morgan fingerprint density at radius 3 is 2.45 bits per heavy atom. The molecule has 0 bridgehead atoms. The van der Waals surface area contributed by atoms with Gasteiger partial charge in [0.05, 0.1) is 12.5 Å². The first kappa shape index (κ1) is 22.7. The highest BCUT2D eigenvalue weighted by Gasteiger charge is 2.16. The van der Waals surface area contributed by atoms with Gasteiger partial charge in [-0.15, -0.1) is 0 Å². The molecule has 2 aromatic heterocycles. The first-order valence-corrected chi connectivity index (χ1v) is 11.8. The van der Waals surface area contributed by atoms with Gasteiger partial charge in [-0.1, -0.05) is 32.9 Å². The van der Waals surface area contributed by atoms with Gasteiger partial charge in [0.1, 0.15) is 11.6 Å². The molecule has 0 atom stereocenters. The third kappa shape index (κ3) is 5.80. The van der Waals surface area contributed by atoms with E-state index in [9.17, 15) is 13.2 Å². The predicted octanol–water partition coefficient (Wildman–Crippen LogP) is 2.26.